The third-order valence-electron chi connectivity index (χ3n) is 5.36. The van der Waals surface area contributed by atoms with E-state index in [0.29, 0.717) is 29.8 Å². The molecule has 4 rings (SSSR count). The topological polar surface area (TPSA) is 81.7 Å². The first kappa shape index (κ1) is 19.9. The van der Waals surface area contributed by atoms with E-state index in [4.69, 9.17) is 9.15 Å². The molecule has 1 fully saturated rings. The standard InChI is InChI=1S/C23H24N2O5/c26-20(13-16-25-18-11-5-6-12-19(18)29-23(25)28)30-21(17-9-3-1-4-10-17)22(27)24-14-7-2-8-15-24/h1,3-6,9-12,21H,2,7-8,13-16H2. The third-order valence-corrected chi connectivity index (χ3v) is 5.36. The van der Waals surface area contributed by atoms with E-state index in [9.17, 15) is 14.4 Å². The van der Waals surface area contributed by atoms with Crippen molar-refractivity contribution >= 4 is 23.0 Å². The number of fused-ring (bicyclic) bond motifs is 1. The van der Waals surface area contributed by atoms with Gasteiger partial charge in [-0.25, -0.2) is 4.79 Å². The first-order valence-electron chi connectivity index (χ1n) is 10.2. The molecule has 7 nitrogen and oxygen atoms in total. The minimum absolute atomic E-state index is 0.0416. The normalized spacial score (nSPS) is 15.1. The molecule has 2 aromatic carbocycles. The number of carbonyl (C=O) groups is 2. The van der Waals surface area contributed by atoms with Gasteiger partial charge in [-0.1, -0.05) is 42.5 Å². The summed E-state index contributed by atoms with van der Waals surface area (Å²) >= 11 is 0. The van der Waals surface area contributed by atoms with Gasteiger partial charge in [-0.05, 0) is 31.4 Å². The Morgan fingerprint density at radius 3 is 2.43 bits per heavy atom. The highest BCUT2D eigenvalue weighted by Crippen LogP contribution is 2.23. The van der Waals surface area contributed by atoms with Crippen LogP contribution >= 0.6 is 0 Å². The van der Waals surface area contributed by atoms with E-state index in [1.54, 1.807) is 41.3 Å². The lowest BCUT2D eigenvalue weighted by atomic mass is 10.1. The molecular weight excluding hydrogens is 384 g/mol. The quantitative estimate of drug-likeness (QED) is 0.585. The number of hydrogen-bond acceptors (Lipinski definition) is 5. The second-order valence-electron chi connectivity index (χ2n) is 7.40. The molecule has 1 unspecified atom stereocenters. The van der Waals surface area contributed by atoms with Crippen LogP contribution in [0.25, 0.3) is 11.1 Å². The van der Waals surface area contributed by atoms with Gasteiger partial charge in [0.2, 0.25) is 6.10 Å². The van der Waals surface area contributed by atoms with Gasteiger partial charge in [0, 0.05) is 25.2 Å². The van der Waals surface area contributed by atoms with E-state index in [2.05, 4.69) is 0 Å². The summed E-state index contributed by atoms with van der Waals surface area (Å²) in [5.41, 5.74) is 1.74. The number of hydrogen-bond donors (Lipinski definition) is 0. The Bertz CT molecular complexity index is 1080. The van der Waals surface area contributed by atoms with Crippen LogP contribution in [0.15, 0.2) is 63.8 Å². The Labute approximate surface area is 173 Å². The van der Waals surface area contributed by atoms with Crippen molar-refractivity contribution in [3.63, 3.8) is 0 Å². The fourth-order valence-corrected chi connectivity index (χ4v) is 3.79. The van der Waals surface area contributed by atoms with Gasteiger partial charge in [0.25, 0.3) is 5.91 Å². The van der Waals surface area contributed by atoms with Crippen molar-refractivity contribution < 1.29 is 18.7 Å². The fourth-order valence-electron chi connectivity index (χ4n) is 3.79. The summed E-state index contributed by atoms with van der Waals surface area (Å²) in [5, 5.41) is 0. The minimum Gasteiger partial charge on any atom is -0.447 e. The van der Waals surface area contributed by atoms with Gasteiger partial charge in [-0.15, -0.1) is 0 Å². The highest BCUT2D eigenvalue weighted by Gasteiger charge is 2.30. The molecule has 2 heterocycles. The smallest absolute Gasteiger partial charge is 0.419 e. The molecular formula is C23H24N2O5. The van der Waals surface area contributed by atoms with Crippen molar-refractivity contribution in [1.82, 2.24) is 9.47 Å². The van der Waals surface area contributed by atoms with E-state index in [-0.39, 0.29) is 18.9 Å². The molecule has 30 heavy (non-hydrogen) atoms. The van der Waals surface area contributed by atoms with Crippen LogP contribution in [-0.2, 0) is 20.9 Å². The Hall–Kier alpha value is -3.35. The number of benzene rings is 2. The molecule has 1 aliphatic heterocycles. The molecule has 1 aliphatic rings. The van der Waals surface area contributed by atoms with E-state index in [0.717, 1.165) is 19.3 Å². The maximum Gasteiger partial charge on any atom is 0.419 e. The maximum atomic E-state index is 13.1. The molecule has 0 spiro atoms. The van der Waals surface area contributed by atoms with Crippen molar-refractivity contribution in [3.8, 4) is 0 Å². The summed E-state index contributed by atoms with van der Waals surface area (Å²) in [5.74, 6) is -1.25. The molecule has 1 atom stereocenters. The van der Waals surface area contributed by atoms with Gasteiger partial charge in [-0.2, -0.15) is 0 Å². The summed E-state index contributed by atoms with van der Waals surface area (Å²) in [6.45, 7) is 1.47. The zero-order valence-corrected chi connectivity index (χ0v) is 16.7. The van der Waals surface area contributed by atoms with Crippen molar-refractivity contribution in [2.24, 2.45) is 0 Å². The van der Waals surface area contributed by atoms with Gasteiger partial charge in [0.05, 0.1) is 11.9 Å². The van der Waals surface area contributed by atoms with E-state index in [1.165, 1.54) is 4.57 Å². The summed E-state index contributed by atoms with van der Waals surface area (Å²) in [6.07, 6.45) is 2.00. The third kappa shape index (κ3) is 4.30. The number of rotatable bonds is 6. The second kappa shape index (κ2) is 8.98. The van der Waals surface area contributed by atoms with Crippen LogP contribution in [0.3, 0.4) is 0 Å². The average Bonchev–Trinajstić information content (AvgIpc) is 3.11. The van der Waals surface area contributed by atoms with E-state index < -0.39 is 17.8 Å². The van der Waals surface area contributed by atoms with Crippen molar-refractivity contribution in [1.29, 1.82) is 0 Å². The van der Waals surface area contributed by atoms with Crippen LogP contribution in [0.5, 0.6) is 0 Å². The number of amides is 1. The van der Waals surface area contributed by atoms with Crippen molar-refractivity contribution in [2.75, 3.05) is 13.1 Å². The first-order valence-corrected chi connectivity index (χ1v) is 10.2. The molecule has 0 saturated carbocycles. The van der Waals surface area contributed by atoms with Gasteiger partial charge < -0.3 is 14.1 Å². The number of aromatic nitrogens is 1. The predicted octanol–water partition coefficient (Wildman–Crippen LogP) is 3.28. The molecule has 7 heteroatoms. The lowest BCUT2D eigenvalue weighted by molar-refractivity contribution is -0.161. The van der Waals surface area contributed by atoms with Gasteiger partial charge >= 0.3 is 11.7 Å². The van der Waals surface area contributed by atoms with Crippen LogP contribution < -0.4 is 5.76 Å². The zero-order valence-electron chi connectivity index (χ0n) is 16.7. The molecule has 0 aliphatic carbocycles. The van der Waals surface area contributed by atoms with Crippen LogP contribution in [0.4, 0.5) is 0 Å². The summed E-state index contributed by atoms with van der Waals surface area (Å²) in [6, 6.07) is 16.1. The number of nitrogens with zero attached hydrogens (tertiary/aromatic N) is 2. The Balaban J connectivity index is 1.48. The largest absolute Gasteiger partial charge is 0.447 e. The Morgan fingerprint density at radius 1 is 0.967 bits per heavy atom. The number of esters is 1. The van der Waals surface area contributed by atoms with Crippen LogP contribution in [0.1, 0.15) is 37.4 Å². The highest BCUT2D eigenvalue weighted by atomic mass is 16.5. The highest BCUT2D eigenvalue weighted by molar-refractivity contribution is 5.85. The van der Waals surface area contributed by atoms with E-state index >= 15 is 0 Å². The molecule has 3 aromatic rings. The second-order valence-corrected chi connectivity index (χ2v) is 7.40. The number of piperidine rings is 1. The molecule has 1 amide bonds. The van der Waals surface area contributed by atoms with Gasteiger partial charge in [0.15, 0.2) is 5.58 Å². The van der Waals surface area contributed by atoms with Crippen LogP contribution in [0.2, 0.25) is 0 Å². The van der Waals surface area contributed by atoms with Gasteiger partial charge in [-0.3, -0.25) is 14.2 Å². The lowest BCUT2D eigenvalue weighted by Crippen LogP contribution is -2.40. The summed E-state index contributed by atoms with van der Waals surface area (Å²) in [4.78, 5) is 39.6. The fraction of sp³-hybridized carbons (Fsp3) is 0.348. The van der Waals surface area contributed by atoms with Crippen LogP contribution in [-0.4, -0.2) is 34.4 Å². The number of likely N-dealkylation sites (tertiary alicyclic amines) is 1. The monoisotopic (exact) mass is 408 g/mol. The first-order chi connectivity index (χ1) is 14.6. The number of carbonyl (C=O) groups excluding carboxylic acids is 2. The Morgan fingerprint density at radius 2 is 1.67 bits per heavy atom. The summed E-state index contributed by atoms with van der Waals surface area (Å²) < 4.78 is 12.2. The molecule has 0 bridgehead atoms. The average molecular weight is 408 g/mol. The number of oxazole rings is 1. The maximum absolute atomic E-state index is 13.1. The molecule has 0 N–H and O–H groups in total. The lowest BCUT2D eigenvalue weighted by Gasteiger charge is -2.30. The predicted molar refractivity (Wildman–Crippen MR) is 111 cm³/mol. The molecule has 0 radical (unpaired) electrons. The molecule has 156 valence electrons. The zero-order chi connectivity index (χ0) is 20.9. The van der Waals surface area contributed by atoms with Crippen LogP contribution in [0, 0.1) is 0 Å². The van der Waals surface area contributed by atoms with Crippen molar-refractivity contribution in [2.45, 2.75) is 38.3 Å². The Kier molecular flexibility index (Phi) is 5.97. The van der Waals surface area contributed by atoms with Gasteiger partial charge in [0.1, 0.15) is 0 Å². The SMILES string of the molecule is O=C(CCn1c(=O)oc2ccccc21)OC(C(=O)N1CCCCC1)c1ccccc1. The number of para-hydroxylation sites is 2. The number of aryl methyl sites for hydroxylation is 1. The molecule has 1 saturated heterocycles. The number of ether oxygens (including phenoxy) is 1. The van der Waals surface area contributed by atoms with Crippen molar-refractivity contribution in [3.05, 3.63) is 70.7 Å². The molecule has 1 aromatic heterocycles. The minimum atomic E-state index is -0.977. The summed E-state index contributed by atoms with van der Waals surface area (Å²) in [7, 11) is 0. The van der Waals surface area contributed by atoms with E-state index in [1.807, 2.05) is 18.2 Å².